The molecule has 0 aliphatic heterocycles. The summed E-state index contributed by atoms with van der Waals surface area (Å²) in [6.45, 7) is 0. The van der Waals surface area contributed by atoms with Gasteiger partial charge in [0.2, 0.25) is 0 Å². The lowest BCUT2D eigenvalue weighted by Crippen LogP contribution is -1.89. The topological polar surface area (TPSA) is 17.3 Å². The number of hydrogen-bond acceptors (Lipinski definition) is 1. The maximum Gasteiger partial charge on any atom is 0.0702 e. The zero-order valence-electron chi connectivity index (χ0n) is 16.8. The minimum Gasteiger partial charge on any atom is -0.307 e. The summed E-state index contributed by atoms with van der Waals surface area (Å²) in [6, 6.07) is 36.8. The second-order valence-electron chi connectivity index (χ2n) is 8.06. The van der Waals surface area contributed by atoms with Crippen LogP contribution in [0, 0.1) is 0 Å². The second-order valence-corrected chi connectivity index (χ2v) is 8.06. The Bertz CT molecular complexity index is 1710. The Morgan fingerprint density at radius 2 is 1.26 bits per heavy atom. The van der Waals surface area contributed by atoms with Crippen LogP contribution in [-0.2, 0) is 0 Å². The average Bonchev–Trinajstić information content (AvgIpc) is 3.37. The van der Waals surface area contributed by atoms with Crippen molar-refractivity contribution in [2.45, 2.75) is 0 Å². The van der Waals surface area contributed by atoms with Crippen molar-refractivity contribution in [3.8, 4) is 22.4 Å². The summed E-state index contributed by atoms with van der Waals surface area (Å²) >= 11 is 0. The van der Waals surface area contributed by atoms with Crippen molar-refractivity contribution in [1.29, 1.82) is 0 Å². The van der Waals surface area contributed by atoms with Crippen LogP contribution in [0.3, 0.4) is 0 Å². The third-order valence-corrected chi connectivity index (χ3v) is 6.36. The Morgan fingerprint density at radius 1 is 0.516 bits per heavy atom. The van der Waals surface area contributed by atoms with Crippen LogP contribution in [-0.4, -0.2) is 9.38 Å². The lowest BCUT2D eigenvalue weighted by Gasteiger charge is -2.10. The molecule has 144 valence electrons. The Kier molecular flexibility index (Phi) is 3.30. The molecule has 2 heteroatoms. The number of fused-ring (bicyclic) bond motifs is 6. The van der Waals surface area contributed by atoms with Crippen molar-refractivity contribution < 1.29 is 0 Å². The van der Waals surface area contributed by atoms with Crippen LogP contribution >= 0.6 is 0 Å². The summed E-state index contributed by atoms with van der Waals surface area (Å²) < 4.78 is 2.46. The normalized spacial score (nSPS) is 11.9. The lowest BCUT2D eigenvalue weighted by atomic mass is 9.97. The van der Waals surface area contributed by atoms with Crippen LogP contribution in [0.1, 0.15) is 0 Å². The number of rotatable bonds is 2. The number of hydrogen-bond donors (Lipinski definition) is 0. The first-order valence-electron chi connectivity index (χ1n) is 10.6. The van der Waals surface area contributed by atoms with Crippen molar-refractivity contribution in [3.05, 3.63) is 109 Å². The minimum absolute atomic E-state index is 0.996. The van der Waals surface area contributed by atoms with E-state index in [1.165, 1.54) is 49.2 Å². The largest absolute Gasteiger partial charge is 0.307 e. The monoisotopic (exact) mass is 394 g/mol. The maximum atomic E-state index is 4.64. The van der Waals surface area contributed by atoms with Gasteiger partial charge in [0.15, 0.2) is 0 Å². The molecule has 0 unspecified atom stereocenters. The van der Waals surface area contributed by atoms with E-state index in [4.69, 9.17) is 0 Å². The molecule has 0 bridgehead atoms. The summed E-state index contributed by atoms with van der Waals surface area (Å²) in [7, 11) is 0. The van der Waals surface area contributed by atoms with Gasteiger partial charge in [-0.25, -0.2) is 0 Å². The van der Waals surface area contributed by atoms with Gasteiger partial charge >= 0.3 is 0 Å². The summed E-state index contributed by atoms with van der Waals surface area (Å²) in [5.74, 6) is 0. The van der Waals surface area contributed by atoms with Crippen LogP contribution in [0.25, 0.3) is 60.5 Å². The predicted molar refractivity (Wildman–Crippen MR) is 130 cm³/mol. The van der Waals surface area contributed by atoms with Gasteiger partial charge in [0.05, 0.1) is 22.2 Å². The van der Waals surface area contributed by atoms with Crippen LogP contribution in [0.15, 0.2) is 109 Å². The quantitative estimate of drug-likeness (QED) is 0.296. The second kappa shape index (κ2) is 6.16. The summed E-state index contributed by atoms with van der Waals surface area (Å²) in [5, 5.41) is 5.17. The fourth-order valence-corrected chi connectivity index (χ4v) is 5.07. The van der Waals surface area contributed by atoms with Gasteiger partial charge in [0.1, 0.15) is 0 Å². The van der Waals surface area contributed by atoms with Gasteiger partial charge in [0, 0.05) is 38.9 Å². The molecule has 0 fully saturated rings. The minimum atomic E-state index is 0.996. The average molecular weight is 394 g/mol. The van der Waals surface area contributed by atoms with Crippen molar-refractivity contribution in [2.75, 3.05) is 0 Å². The molecule has 0 saturated carbocycles. The third-order valence-electron chi connectivity index (χ3n) is 6.36. The van der Waals surface area contributed by atoms with Gasteiger partial charge in [0.25, 0.3) is 0 Å². The Balaban J connectivity index is 1.75. The van der Waals surface area contributed by atoms with E-state index < -0.39 is 0 Å². The van der Waals surface area contributed by atoms with E-state index in [-0.39, 0.29) is 0 Å². The highest BCUT2D eigenvalue weighted by Crippen LogP contribution is 2.43. The number of pyridine rings is 1. The van der Waals surface area contributed by atoms with Gasteiger partial charge in [-0.3, -0.25) is 4.98 Å². The highest BCUT2D eigenvalue weighted by Gasteiger charge is 2.20. The Labute approximate surface area is 179 Å². The molecular weight excluding hydrogens is 376 g/mol. The molecule has 0 N–H and O–H groups in total. The van der Waals surface area contributed by atoms with Crippen LogP contribution in [0.2, 0.25) is 0 Å². The molecule has 0 atom stereocenters. The van der Waals surface area contributed by atoms with E-state index in [9.17, 15) is 0 Å². The van der Waals surface area contributed by atoms with Gasteiger partial charge < -0.3 is 4.40 Å². The van der Waals surface area contributed by atoms with E-state index in [1.54, 1.807) is 0 Å². The first-order valence-corrected chi connectivity index (χ1v) is 10.6. The molecule has 4 aromatic carbocycles. The SMILES string of the molecule is c1ccc(-c2cc(-c3ccccn3)cc3c4cccc5c6ccccc6n(c23)c54)cc1. The molecule has 0 aliphatic carbocycles. The molecule has 0 amide bonds. The summed E-state index contributed by atoms with van der Waals surface area (Å²) in [4.78, 5) is 4.64. The van der Waals surface area contributed by atoms with Crippen LogP contribution in [0.4, 0.5) is 0 Å². The predicted octanol–water partition coefficient (Wildman–Crippen LogP) is 7.57. The van der Waals surface area contributed by atoms with Gasteiger partial charge in [-0.2, -0.15) is 0 Å². The zero-order chi connectivity index (χ0) is 20.4. The first kappa shape index (κ1) is 16.6. The number of aromatic nitrogens is 2. The lowest BCUT2D eigenvalue weighted by molar-refractivity contribution is 1.33. The molecule has 3 heterocycles. The third kappa shape index (κ3) is 2.25. The highest BCUT2D eigenvalue weighted by atomic mass is 14.9. The van der Waals surface area contributed by atoms with Crippen molar-refractivity contribution in [2.24, 2.45) is 0 Å². The standard InChI is InChI=1S/C29H18N2/c1-2-9-19(10-3-1)24-17-20(26-14-6-7-16-30-26)18-25-23-13-8-12-22-21-11-4-5-15-27(21)31(28(22)23)29(24)25/h1-18H. The van der Waals surface area contributed by atoms with Crippen molar-refractivity contribution in [1.82, 2.24) is 9.38 Å². The van der Waals surface area contributed by atoms with E-state index in [2.05, 4.69) is 106 Å². The fraction of sp³-hybridized carbons (Fsp3) is 0. The molecule has 0 radical (unpaired) electrons. The molecule has 7 aromatic rings. The Hall–Kier alpha value is -4.17. The van der Waals surface area contributed by atoms with Gasteiger partial charge in [-0.1, -0.05) is 72.8 Å². The van der Waals surface area contributed by atoms with Crippen LogP contribution < -0.4 is 0 Å². The zero-order valence-corrected chi connectivity index (χ0v) is 16.8. The van der Waals surface area contributed by atoms with Gasteiger partial charge in [-0.05, 0) is 35.9 Å². The summed E-state index contributed by atoms with van der Waals surface area (Å²) in [5.41, 5.74) is 8.41. The molecule has 0 aliphatic rings. The van der Waals surface area contributed by atoms with E-state index in [0.29, 0.717) is 0 Å². The van der Waals surface area contributed by atoms with E-state index in [0.717, 1.165) is 11.3 Å². The molecule has 0 saturated heterocycles. The van der Waals surface area contributed by atoms with Gasteiger partial charge in [-0.15, -0.1) is 0 Å². The fourth-order valence-electron chi connectivity index (χ4n) is 5.07. The smallest absolute Gasteiger partial charge is 0.0702 e. The number of nitrogens with zero attached hydrogens (tertiary/aromatic N) is 2. The molecule has 0 spiro atoms. The molecule has 31 heavy (non-hydrogen) atoms. The van der Waals surface area contributed by atoms with E-state index in [1.807, 2.05) is 12.3 Å². The van der Waals surface area contributed by atoms with Crippen LogP contribution in [0.5, 0.6) is 0 Å². The maximum absolute atomic E-state index is 4.64. The number of para-hydroxylation sites is 2. The highest BCUT2D eigenvalue weighted by molar-refractivity contribution is 6.25. The van der Waals surface area contributed by atoms with E-state index >= 15 is 0 Å². The number of benzene rings is 4. The molecular formula is C29H18N2. The first-order chi connectivity index (χ1) is 15.4. The molecule has 7 rings (SSSR count). The Morgan fingerprint density at radius 3 is 2.10 bits per heavy atom. The summed E-state index contributed by atoms with van der Waals surface area (Å²) in [6.07, 6.45) is 1.86. The van der Waals surface area contributed by atoms with Crippen molar-refractivity contribution in [3.63, 3.8) is 0 Å². The van der Waals surface area contributed by atoms with Crippen molar-refractivity contribution >= 4 is 38.1 Å². The molecule has 3 aromatic heterocycles. The molecule has 2 nitrogen and oxygen atoms in total.